The number of benzene rings is 1. The van der Waals surface area contributed by atoms with Crippen molar-refractivity contribution in [3.05, 3.63) is 29.8 Å². The SMILES string of the molecule is CCCCCCCCCCCCCCC[N+](CCCCCCCCCCCCCCC)(CCCCCCCCCCCCCCC)Cc1ccccc1S(=O)(=O)[O-]. The summed E-state index contributed by atoms with van der Waals surface area (Å²) < 4.78 is 38.2. The van der Waals surface area contributed by atoms with Gasteiger partial charge >= 0.3 is 0 Å². The maximum absolute atomic E-state index is 12.4. The first-order valence-corrected chi connectivity index (χ1v) is 27.2. The molecule has 0 spiro atoms. The van der Waals surface area contributed by atoms with Crippen LogP contribution in [-0.4, -0.2) is 37.1 Å². The Bertz CT molecular complexity index is 1010. The van der Waals surface area contributed by atoms with Gasteiger partial charge in [0.15, 0.2) is 0 Å². The molecule has 0 aliphatic carbocycles. The first-order valence-electron chi connectivity index (χ1n) is 25.8. The van der Waals surface area contributed by atoms with Crippen molar-refractivity contribution in [1.82, 2.24) is 0 Å². The average Bonchev–Trinajstić information content (AvgIpc) is 3.20. The van der Waals surface area contributed by atoms with Crippen LogP contribution in [0.25, 0.3) is 0 Å². The maximum Gasteiger partial charge on any atom is 0.124 e. The lowest BCUT2D eigenvalue weighted by Gasteiger charge is -2.40. The van der Waals surface area contributed by atoms with E-state index in [1.165, 1.54) is 250 Å². The molecule has 0 radical (unpaired) electrons. The highest BCUT2D eigenvalue weighted by Gasteiger charge is 2.28. The van der Waals surface area contributed by atoms with Crippen LogP contribution >= 0.6 is 0 Å². The van der Waals surface area contributed by atoms with E-state index in [1.54, 1.807) is 12.1 Å². The lowest BCUT2D eigenvalue weighted by Crippen LogP contribution is -2.49. The lowest BCUT2D eigenvalue weighted by molar-refractivity contribution is -0.941. The fraction of sp³-hybridized carbons (Fsp3) is 0.885. The zero-order valence-corrected chi connectivity index (χ0v) is 39.6. The van der Waals surface area contributed by atoms with Gasteiger partial charge in [0.25, 0.3) is 0 Å². The second-order valence-corrected chi connectivity index (χ2v) is 19.8. The summed E-state index contributed by atoms with van der Waals surface area (Å²) in [5.74, 6) is 0. The van der Waals surface area contributed by atoms with Gasteiger partial charge in [-0.15, -0.1) is 0 Å². The third kappa shape index (κ3) is 32.5. The topological polar surface area (TPSA) is 57.2 Å². The monoisotopic (exact) mass is 818 g/mol. The predicted molar refractivity (Wildman–Crippen MR) is 250 cm³/mol. The smallest absolute Gasteiger partial charge is 0.124 e. The van der Waals surface area contributed by atoms with E-state index in [0.717, 1.165) is 29.7 Å². The average molecular weight is 818 g/mol. The largest absolute Gasteiger partial charge is 0.744 e. The fourth-order valence-corrected chi connectivity index (χ4v) is 9.91. The molecule has 57 heavy (non-hydrogen) atoms. The van der Waals surface area contributed by atoms with E-state index in [2.05, 4.69) is 20.8 Å². The van der Waals surface area contributed by atoms with E-state index >= 15 is 0 Å². The zero-order chi connectivity index (χ0) is 41.4. The van der Waals surface area contributed by atoms with E-state index in [0.29, 0.717) is 6.54 Å². The summed E-state index contributed by atoms with van der Waals surface area (Å²) in [6, 6.07) is 7.12. The van der Waals surface area contributed by atoms with Gasteiger partial charge in [0.1, 0.15) is 16.7 Å². The molecule has 0 amide bonds. The predicted octanol–water partition coefficient (Wildman–Crippen LogP) is 17.2. The molecule has 0 bridgehead atoms. The molecule has 1 aromatic carbocycles. The summed E-state index contributed by atoms with van der Waals surface area (Å²) in [7, 11) is -4.51. The van der Waals surface area contributed by atoms with Crippen molar-refractivity contribution in [2.75, 3.05) is 19.6 Å². The number of hydrogen-bond acceptors (Lipinski definition) is 3. The molecule has 0 aliphatic heterocycles. The van der Waals surface area contributed by atoms with Crippen molar-refractivity contribution in [2.24, 2.45) is 0 Å². The molecular weight excluding hydrogens is 719 g/mol. The molecule has 5 heteroatoms. The number of hydrogen-bond donors (Lipinski definition) is 0. The van der Waals surface area contributed by atoms with Crippen LogP contribution in [0.4, 0.5) is 0 Å². The van der Waals surface area contributed by atoms with Crippen molar-refractivity contribution >= 4 is 10.1 Å². The van der Waals surface area contributed by atoms with E-state index in [4.69, 9.17) is 0 Å². The molecule has 0 unspecified atom stereocenters. The van der Waals surface area contributed by atoms with E-state index in [-0.39, 0.29) is 4.90 Å². The molecule has 0 N–H and O–H groups in total. The molecule has 0 saturated heterocycles. The summed E-state index contributed by atoms with van der Waals surface area (Å²) in [6.45, 7) is 10.8. The molecule has 0 fully saturated rings. The van der Waals surface area contributed by atoms with E-state index in [9.17, 15) is 13.0 Å². The molecular formula is C52H99NO3S. The molecule has 4 nitrogen and oxygen atoms in total. The van der Waals surface area contributed by atoms with Gasteiger partial charge < -0.3 is 9.04 Å². The standard InChI is InChI=1S/C52H99NO3S/c1-4-7-10-13-16-19-22-25-28-31-34-37-42-47-53(50-51-45-40-41-46-52(51)57(54,55)56,48-43-38-35-32-29-26-23-20-17-14-11-8-5-2)49-44-39-36-33-30-27-24-21-18-15-12-9-6-3/h40-41,45-46H,4-39,42-44,47-50H2,1-3H3. The maximum atomic E-state index is 12.4. The van der Waals surface area contributed by atoms with Gasteiger partial charge in [-0.2, -0.15) is 0 Å². The quantitative estimate of drug-likeness (QED) is 0.0374. The third-order valence-electron chi connectivity index (χ3n) is 13.0. The Morgan fingerprint density at radius 3 is 0.842 bits per heavy atom. The second-order valence-electron chi connectivity index (χ2n) is 18.5. The molecule has 336 valence electrons. The van der Waals surface area contributed by atoms with Crippen molar-refractivity contribution in [3.8, 4) is 0 Å². The van der Waals surface area contributed by atoms with Crippen molar-refractivity contribution < 1.29 is 17.5 Å². The van der Waals surface area contributed by atoms with Crippen molar-refractivity contribution in [2.45, 2.75) is 283 Å². The van der Waals surface area contributed by atoms with Crippen LogP contribution in [0.15, 0.2) is 29.2 Å². The molecule has 0 aromatic heterocycles. The number of rotatable bonds is 45. The van der Waals surface area contributed by atoms with Crippen LogP contribution in [0.1, 0.15) is 277 Å². The van der Waals surface area contributed by atoms with Crippen LogP contribution in [0.3, 0.4) is 0 Å². The van der Waals surface area contributed by atoms with Gasteiger partial charge in [-0.1, -0.05) is 251 Å². The molecule has 0 heterocycles. The minimum absolute atomic E-state index is 0.00795. The van der Waals surface area contributed by atoms with Gasteiger partial charge in [0, 0.05) is 5.56 Å². The Hall–Kier alpha value is -0.910. The molecule has 1 rings (SSSR count). The number of nitrogens with zero attached hydrogens (tertiary/aromatic N) is 1. The van der Waals surface area contributed by atoms with Crippen LogP contribution in [0.2, 0.25) is 0 Å². The Morgan fingerprint density at radius 2 is 0.596 bits per heavy atom. The minimum Gasteiger partial charge on any atom is -0.744 e. The Kier molecular flexibility index (Phi) is 37.2. The highest BCUT2D eigenvalue weighted by atomic mass is 32.2. The van der Waals surface area contributed by atoms with Crippen LogP contribution < -0.4 is 0 Å². The second kappa shape index (κ2) is 39.2. The molecule has 0 aliphatic rings. The zero-order valence-electron chi connectivity index (χ0n) is 38.8. The normalized spacial score (nSPS) is 12.2. The van der Waals surface area contributed by atoms with Gasteiger partial charge in [-0.25, -0.2) is 8.42 Å². The van der Waals surface area contributed by atoms with Crippen molar-refractivity contribution in [1.29, 1.82) is 0 Å². The summed E-state index contributed by atoms with van der Waals surface area (Å²) in [5, 5.41) is 0. The van der Waals surface area contributed by atoms with Gasteiger partial charge in [0.05, 0.1) is 24.5 Å². The van der Waals surface area contributed by atoms with Gasteiger partial charge in [-0.3, -0.25) is 0 Å². The van der Waals surface area contributed by atoms with Crippen LogP contribution in [0, 0.1) is 0 Å². The fourth-order valence-electron chi connectivity index (χ4n) is 9.21. The highest BCUT2D eigenvalue weighted by molar-refractivity contribution is 7.85. The summed E-state index contributed by atoms with van der Waals surface area (Å²) in [5.41, 5.74) is 0.742. The van der Waals surface area contributed by atoms with E-state index in [1.807, 2.05) is 12.1 Å². The molecule has 0 atom stereocenters. The lowest BCUT2D eigenvalue weighted by atomic mass is 10.0. The molecule has 1 aromatic rings. The first-order chi connectivity index (χ1) is 27.9. The van der Waals surface area contributed by atoms with Crippen molar-refractivity contribution in [3.63, 3.8) is 0 Å². The Balaban J connectivity index is 2.75. The van der Waals surface area contributed by atoms with Crippen LogP contribution in [-0.2, 0) is 16.7 Å². The Labute approximate surface area is 358 Å². The summed E-state index contributed by atoms with van der Waals surface area (Å²) in [4.78, 5) is 0.00795. The highest BCUT2D eigenvalue weighted by Crippen LogP contribution is 2.26. The number of unbranched alkanes of at least 4 members (excludes halogenated alkanes) is 36. The molecule has 0 saturated carbocycles. The number of quaternary nitrogens is 1. The minimum atomic E-state index is -4.51. The van der Waals surface area contributed by atoms with Gasteiger partial charge in [-0.05, 0) is 44.6 Å². The third-order valence-corrected chi connectivity index (χ3v) is 13.9. The summed E-state index contributed by atoms with van der Waals surface area (Å²) in [6.07, 6.45) is 52.8. The van der Waals surface area contributed by atoms with Gasteiger partial charge in [0.2, 0.25) is 0 Å². The van der Waals surface area contributed by atoms with E-state index < -0.39 is 10.1 Å². The summed E-state index contributed by atoms with van der Waals surface area (Å²) >= 11 is 0. The van der Waals surface area contributed by atoms with Crippen LogP contribution in [0.5, 0.6) is 0 Å². The Morgan fingerprint density at radius 1 is 0.368 bits per heavy atom. The first kappa shape index (κ1) is 54.1.